The summed E-state index contributed by atoms with van der Waals surface area (Å²) in [6.07, 6.45) is 5.87. The van der Waals surface area contributed by atoms with Gasteiger partial charge in [-0.3, -0.25) is 9.69 Å². The molecule has 0 saturated heterocycles. The van der Waals surface area contributed by atoms with Crippen LogP contribution < -0.4 is 20.5 Å². The van der Waals surface area contributed by atoms with Gasteiger partial charge >= 0.3 is 6.09 Å². The molecule has 0 radical (unpaired) electrons. The summed E-state index contributed by atoms with van der Waals surface area (Å²) in [7, 11) is 0. The number of carboxylic acid groups (broad SMARTS) is 1. The van der Waals surface area contributed by atoms with E-state index in [1.807, 2.05) is 29.6 Å². The van der Waals surface area contributed by atoms with Gasteiger partial charge in [0.25, 0.3) is 0 Å². The van der Waals surface area contributed by atoms with E-state index in [1.54, 1.807) is 24.3 Å². The number of pyridine rings is 1. The zero-order chi connectivity index (χ0) is 29.7. The number of thiophene rings is 1. The second-order valence-corrected chi connectivity index (χ2v) is 11.3. The fraction of sp³-hybridized carbons (Fsp3) is 0.375. The van der Waals surface area contributed by atoms with Crippen molar-refractivity contribution in [3.8, 4) is 11.5 Å². The lowest BCUT2D eigenvalue weighted by Gasteiger charge is -2.19. The van der Waals surface area contributed by atoms with Gasteiger partial charge in [-0.15, -0.1) is 11.3 Å². The van der Waals surface area contributed by atoms with Gasteiger partial charge in [0.1, 0.15) is 11.5 Å². The summed E-state index contributed by atoms with van der Waals surface area (Å²) >= 11 is 1.53. The lowest BCUT2D eigenvalue weighted by Crippen LogP contribution is -2.28. The number of amides is 1. The molecule has 2 aromatic carbocycles. The van der Waals surface area contributed by atoms with Crippen LogP contribution in [0, 0.1) is 0 Å². The minimum Gasteiger partial charge on any atom is -0.506 e. The van der Waals surface area contributed by atoms with Crippen molar-refractivity contribution in [2.75, 3.05) is 24.6 Å². The molecule has 9 nitrogen and oxygen atoms in total. The summed E-state index contributed by atoms with van der Waals surface area (Å²) in [6, 6.07) is 17.3. The molecule has 0 bridgehead atoms. The number of aliphatic hydroxyl groups excluding tert-OH is 1. The summed E-state index contributed by atoms with van der Waals surface area (Å²) in [5, 5.41) is 36.2. The minimum atomic E-state index is -0.990. The zero-order valence-corrected chi connectivity index (χ0v) is 24.4. The first-order chi connectivity index (χ1) is 20.4. The average molecular weight is 594 g/mol. The number of aromatic hydroxyl groups is 1. The number of aliphatic hydroxyl groups is 1. The molecule has 1 amide bonds. The Hall–Kier alpha value is -3.86. The number of rotatable bonds is 17. The largest absolute Gasteiger partial charge is 0.506 e. The van der Waals surface area contributed by atoms with Gasteiger partial charge in [-0.1, -0.05) is 50.3 Å². The molecule has 0 aliphatic carbocycles. The molecule has 10 heteroatoms. The van der Waals surface area contributed by atoms with E-state index in [4.69, 9.17) is 4.74 Å². The average Bonchev–Trinajstić information content (AvgIpc) is 3.50. The summed E-state index contributed by atoms with van der Waals surface area (Å²) in [4.78, 5) is 28.3. The molecule has 0 aliphatic heterocycles. The van der Waals surface area contributed by atoms with Crippen LogP contribution in [0.3, 0.4) is 0 Å². The van der Waals surface area contributed by atoms with Crippen molar-refractivity contribution in [1.29, 1.82) is 0 Å². The van der Waals surface area contributed by atoms with Crippen molar-refractivity contribution >= 4 is 34.0 Å². The van der Waals surface area contributed by atoms with Gasteiger partial charge in [-0.05, 0) is 60.7 Å². The number of hydrogen-bond acceptors (Lipinski definition) is 7. The monoisotopic (exact) mass is 593 g/mol. The maximum atomic E-state index is 11.8. The summed E-state index contributed by atoms with van der Waals surface area (Å²) < 4.78 is 5.90. The SMILES string of the molecule is O=C(O)N(Cc1cccs1)c1cccc(OCCCCCCCCCNC[C@H](O)c2ccc(O)c3[nH]c(=O)ccc23)c1. The predicted molar refractivity (Wildman–Crippen MR) is 167 cm³/mol. The Morgan fingerprint density at radius 2 is 1.76 bits per heavy atom. The Morgan fingerprint density at radius 1 is 0.976 bits per heavy atom. The number of aromatic nitrogens is 1. The van der Waals surface area contributed by atoms with Crippen molar-refractivity contribution in [3.63, 3.8) is 0 Å². The third-order valence-corrected chi connectivity index (χ3v) is 7.99. The lowest BCUT2D eigenvalue weighted by atomic mass is 10.0. The van der Waals surface area contributed by atoms with E-state index in [1.165, 1.54) is 28.4 Å². The minimum absolute atomic E-state index is 0.0149. The van der Waals surface area contributed by atoms with Crippen LogP contribution in [0.4, 0.5) is 10.5 Å². The van der Waals surface area contributed by atoms with Crippen LogP contribution in [0.1, 0.15) is 61.5 Å². The molecule has 2 heterocycles. The predicted octanol–water partition coefficient (Wildman–Crippen LogP) is 6.41. The molecule has 2 aromatic heterocycles. The smallest absolute Gasteiger partial charge is 0.412 e. The van der Waals surface area contributed by atoms with Gasteiger partial charge in [0.2, 0.25) is 5.56 Å². The second-order valence-electron chi connectivity index (χ2n) is 10.3. The molecule has 5 N–H and O–H groups in total. The van der Waals surface area contributed by atoms with Crippen LogP contribution in [0.15, 0.2) is 70.8 Å². The third-order valence-electron chi connectivity index (χ3n) is 7.12. The van der Waals surface area contributed by atoms with Crippen LogP contribution in [-0.4, -0.2) is 46.1 Å². The molecule has 4 rings (SSSR count). The molecule has 1 atom stereocenters. The molecule has 4 aromatic rings. The third kappa shape index (κ3) is 9.07. The highest BCUT2D eigenvalue weighted by molar-refractivity contribution is 7.09. The van der Waals surface area contributed by atoms with E-state index >= 15 is 0 Å². The van der Waals surface area contributed by atoms with Crippen LogP contribution in [-0.2, 0) is 6.54 Å². The first-order valence-corrected chi connectivity index (χ1v) is 15.3. The molecule has 224 valence electrons. The fourth-order valence-electron chi connectivity index (χ4n) is 4.89. The van der Waals surface area contributed by atoms with Crippen LogP contribution >= 0.6 is 11.3 Å². The van der Waals surface area contributed by atoms with Crippen molar-refractivity contribution in [2.24, 2.45) is 0 Å². The van der Waals surface area contributed by atoms with E-state index < -0.39 is 12.2 Å². The molecular formula is C32H39N3O6S. The van der Waals surface area contributed by atoms with Crippen molar-refractivity contribution in [1.82, 2.24) is 10.3 Å². The van der Waals surface area contributed by atoms with Crippen LogP contribution in [0.25, 0.3) is 10.9 Å². The summed E-state index contributed by atoms with van der Waals surface area (Å²) in [5.41, 5.74) is 1.31. The van der Waals surface area contributed by atoms with Gasteiger partial charge in [-0.2, -0.15) is 0 Å². The number of hydrogen-bond donors (Lipinski definition) is 5. The molecule has 0 unspecified atom stereocenters. The fourth-order valence-corrected chi connectivity index (χ4v) is 5.59. The molecule has 0 aliphatic rings. The van der Waals surface area contributed by atoms with Crippen LogP contribution in [0.2, 0.25) is 0 Å². The maximum absolute atomic E-state index is 11.8. The number of ether oxygens (including phenoxy) is 1. The number of unbranched alkanes of at least 4 members (excludes halogenated alkanes) is 6. The van der Waals surface area contributed by atoms with E-state index in [2.05, 4.69) is 10.3 Å². The Balaban J connectivity index is 1.05. The Morgan fingerprint density at radius 3 is 2.52 bits per heavy atom. The highest BCUT2D eigenvalue weighted by Gasteiger charge is 2.16. The quantitative estimate of drug-likeness (QED) is 0.0893. The summed E-state index contributed by atoms with van der Waals surface area (Å²) in [5.74, 6) is 0.662. The number of anilines is 1. The normalized spacial score (nSPS) is 11.9. The number of phenolic OH excluding ortho intramolecular Hbond substituents is 1. The van der Waals surface area contributed by atoms with Crippen molar-refractivity contribution in [2.45, 2.75) is 57.6 Å². The number of nitrogens with one attached hydrogen (secondary N) is 2. The molecular weight excluding hydrogens is 554 g/mol. The highest BCUT2D eigenvalue weighted by atomic mass is 32.1. The number of fused-ring (bicyclic) bond motifs is 1. The molecule has 0 spiro atoms. The molecule has 0 fully saturated rings. The van der Waals surface area contributed by atoms with Crippen molar-refractivity contribution < 1.29 is 24.9 Å². The van der Waals surface area contributed by atoms with Crippen molar-refractivity contribution in [3.05, 3.63) is 86.8 Å². The number of carbonyl (C=O) groups is 1. The number of H-pyrrole nitrogens is 1. The van der Waals surface area contributed by atoms with E-state index in [-0.39, 0.29) is 11.3 Å². The topological polar surface area (TPSA) is 135 Å². The number of aromatic amines is 1. The van der Waals surface area contributed by atoms with Gasteiger partial charge in [-0.25, -0.2) is 4.79 Å². The zero-order valence-electron chi connectivity index (χ0n) is 23.6. The van der Waals surface area contributed by atoms with Gasteiger partial charge in [0.05, 0.1) is 30.5 Å². The number of phenols is 1. The Bertz CT molecular complexity index is 1470. The maximum Gasteiger partial charge on any atom is 0.412 e. The van der Waals surface area contributed by atoms with E-state index in [9.17, 15) is 24.9 Å². The van der Waals surface area contributed by atoms with Gasteiger partial charge in [0, 0.05) is 28.9 Å². The Kier molecular flexibility index (Phi) is 11.8. The Labute approximate surface area is 249 Å². The van der Waals surface area contributed by atoms with Gasteiger partial charge in [0.15, 0.2) is 0 Å². The highest BCUT2D eigenvalue weighted by Crippen LogP contribution is 2.28. The standard InChI is InChI=1S/C32H39N3O6S/c36-28-15-13-26(27-14-16-30(38)34-31(27)28)29(37)21-33-17-6-4-2-1-3-5-7-18-41-24-11-8-10-23(20-24)35(32(39)40)22-25-12-9-19-42-25/h8-16,19-20,29,33,36-37H,1-7,17-18,21-22H2,(H,34,38)(H,39,40)/t29-/m0/s1. The second kappa shape index (κ2) is 16.0. The summed E-state index contributed by atoms with van der Waals surface area (Å²) in [6.45, 7) is 2.12. The van der Waals surface area contributed by atoms with Crippen LogP contribution in [0.5, 0.6) is 11.5 Å². The molecule has 0 saturated carbocycles. The van der Waals surface area contributed by atoms with E-state index in [0.29, 0.717) is 47.6 Å². The molecule has 42 heavy (non-hydrogen) atoms. The lowest BCUT2D eigenvalue weighted by molar-refractivity contribution is 0.176. The number of nitrogens with zero attached hydrogens (tertiary/aromatic N) is 1. The van der Waals surface area contributed by atoms with Gasteiger partial charge < -0.3 is 30.4 Å². The first-order valence-electron chi connectivity index (χ1n) is 14.4. The first kappa shape index (κ1) is 31.1. The van der Waals surface area contributed by atoms with E-state index in [0.717, 1.165) is 56.4 Å². The number of benzene rings is 2.